The Balaban J connectivity index is 1.74. The van der Waals surface area contributed by atoms with Gasteiger partial charge >= 0.3 is 5.97 Å². The second kappa shape index (κ2) is 6.77. The molecule has 150 valence electrons. The molecule has 1 saturated carbocycles. The van der Waals surface area contributed by atoms with Crippen molar-refractivity contribution < 1.29 is 18.7 Å². The number of hydrogen-bond donors (Lipinski definition) is 2. The lowest BCUT2D eigenvalue weighted by Crippen LogP contribution is -2.39. The molecule has 0 saturated heterocycles. The van der Waals surface area contributed by atoms with Gasteiger partial charge in [-0.05, 0) is 43.2 Å². The quantitative estimate of drug-likeness (QED) is 0.706. The molecule has 6 nitrogen and oxygen atoms in total. The van der Waals surface area contributed by atoms with E-state index in [1.807, 2.05) is 0 Å². The number of nitrogens with two attached hydrogens (primary N) is 1. The smallest absolute Gasteiger partial charge is 0.320 e. The van der Waals surface area contributed by atoms with Gasteiger partial charge in [0.15, 0.2) is 5.17 Å². The summed E-state index contributed by atoms with van der Waals surface area (Å²) in [6, 6.07) is 4.33. The molecule has 1 fully saturated rings. The number of thioether (sulfide) groups is 1. The van der Waals surface area contributed by atoms with Crippen LogP contribution in [0.3, 0.4) is 0 Å². The van der Waals surface area contributed by atoms with E-state index < -0.39 is 33.9 Å². The van der Waals surface area contributed by atoms with E-state index in [4.69, 9.17) is 17.3 Å². The molecule has 3 atom stereocenters. The number of fused-ring (bicyclic) bond motifs is 1. The van der Waals surface area contributed by atoms with Crippen LogP contribution in [0.1, 0.15) is 30.2 Å². The van der Waals surface area contributed by atoms with Gasteiger partial charge in [0.1, 0.15) is 10.6 Å². The highest BCUT2D eigenvalue weighted by atomic mass is 35.5. The number of rotatable bonds is 4. The van der Waals surface area contributed by atoms with Crippen LogP contribution in [0.4, 0.5) is 8.78 Å². The number of nitrogens with zero attached hydrogens (tertiary/aromatic N) is 3. The lowest BCUT2D eigenvalue weighted by molar-refractivity contribution is -0.137. The van der Waals surface area contributed by atoms with E-state index >= 15 is 0 Å². The molecule has 10 heteroatoms. The predicted octanol–water partition coefficient (Wildman–Crippen LogP) is 3.86. The molecule has 3 N–H and O–H groups in total. The van der Waals surface area contributed by atoms with Gasteiger partial charge in [-0.15, -0.1) is 0 Å². The molecule has 3 heterocycles. The summed E-state index contributed by atoms with van der Waals surface area (Å²) in [6.45, 7) is 1.62. The van der Waals surface area contributed by atoms with Gasteiger partial charge in [0.2, 0.25) is 5.95 Å². The Labute approximate surface area is 173 Å². The number of hydrogen-bond acceptors (Lipinski definition) is 6. The minimum absolute atomic E-state index is 0.0647. The number of amidine groups is 1. The van der Waals surface area contributed by atoms with Gasteiger partial charge in [0.05, 0.1) is 16.3 Å². The number of carbonyl (C=O) groups is 1. The van der Waals surface area contributed by atoms with Crippen LogP contribution >= 0.6 is 23.4 Å². The minimum Gasteiger partial charge on any atom is -0.480 e. The van der Waals surface area contributed by atoms with Crippen molar-refractivity contribution in [3.05, 3.63) is 58.4 Å². The molecule has 0 bridgehead atoms. The van der Waals surface area contributed by atoms with Crippen molar-refractivity contribution in [1.82, 2.24) is 9.97 Å². The van der Waals surface area contributed by atoms with Crippen molar-refractivity contribution in [3.63, 3.8) is 0 Å². The lowest BCUT2D eigenvalue weighted by atomic mass is 9.86. The van der Waals surface area contributed by atoms with Crippen LogP contribution in [-0.4, -0.2) is 31.0 Å². The Bertz CT molecular complexity index is 1080. The largest absolute Gasteiger partial charge is 0.480 e. The number of aromatic nitrogens is 2. The molecule has 2 aromatic heterocycles. The first-order valence-electron chi connectivity index (χ1n) is 8.58. The maximum atomic E-state index is 14.6. The van der Waals surface area contributed by atoms with E-state index in [2.05, 4.69) is 15.0 Å². The Morgan fingerprint density at radius 3 is 2.83 bits per heavy atom. The van der Waals surface area contributed by atoms with E-state index in [1.165, 1.54) is 30.6 Å². The van der Waals surface area contributed by atoms with Crippen LogP contribution < -0.4 is 5.73 Å². The fourth-order valence-electron chi connectivity index (χ4n) is 3.69. The Hall–Kier alpha value is -2.52. The zero-order valence-electron chi connectivity index (χ0n) is 15.1. The van der Waals surface area contributed by atoms with E-state index in [-0.39, 0.29) is 22.0 Å². The topological polar surface area (TPSA) is 101 Å². The summed E-state index contributed by atoms with van der Waals surface area (Å²) in [4.78, 5) is 23.7. The van der Waals surface area contributed by atoms with E-state index in [9.17, 15) is 18.7 Å². The third-order valence-corrected chi connectivity index (χ3v) is 6.76. The summed E-state index contributed by atoms with van der Waals surface area (Å²) in [5.74, 6) is -2.92. The second-order valence-electron chi connectivity index (χ2n) is 7.11. The number of carboxylic acids is 1. The van der Waals surface area contributed by atoms with Gasteiger partial charge in [0, 0.05) is 23.9 Å². The summed E-state index contributed by atoms with van der Waals surface area (Å²) in [7, 11) is 0. The molecule has 4 rings (SSSR count). The molecule has 1 aliphatic carbocycles. The predicted molar refractivity (Wildman–Crippen MR) is 107 cm³/mol. The van der Waals surface area contributed by atoms with Gasteiger partial charge < -0.3 is 10.8 Å². The van der Waals surface area contributed by atoms with E-state index in [1.54, 1.807) is 6.92 Å². The first kappa shape index (κ1) is 19.8. The molecule has 2 aromatic rings. The molecule has 0 spiro atoms. The van der Waals surface area contributed by atoms with Crippen LogP contribution in [0.15, 0.2) is 35.6 Å². The highest BCUT2D eigenvalue weighted by Gasteiger charge is 2.71. The molecular formula is C19H15ClF2N4O2S. The van der Waals surface area contributed by atoms with Crippen LogP contribution in [0, 0.1) is 11.9 Å². The number of halogens is 3. The molecular weight excluding hydrogens is 422 g/mol. The van der Waals surface area contributed by atoms with Crippen LogP contribution in [0.5, 0.6) is 0 Å². The van der Waals surface area contributed by atoms with Gasteiger partial charge in [-0.25, -0.2) is 9.37 Å². The van der Waals surface area contributed by atoms with Crippen molar-refractivity contribution in [1.29, 1.82) is 0 Å². The van der Waals surface area contributed by atoms with Crippen molar-refractivity contribution in [3.8, 4) is 0 Å². The maximum absolute atomic E-state index is 14.6. The van der Waals surface area contributed by atoms with Crippen LogP contribution in [-0.2, 0) is 10.3 Å². The fraction of sp³-hybridized carbons (Fsp3) is 0.263. The average Bonchev–Trinajstić information content (AvgIpc) is 3.40. The third kappa shape index (κ3) is 3.28. The molecule has 2 aliphatic rings. The summed E-state index contributed by atoms with van der Waals surface area (Å²) in [5.41, 5.74) is 5.06. The number of aliphatic carboxylic acids is 1. The third-order valence-electron chi connectivity index (χ3n) is 5.25. The first-order valence-corrected chi connectivity index (χ1v) is 9.78. The number of carboxylic acid groups (broad SMARTS) is 1. The summed E-state index contributed by atoms with van der Waals surface area (Å²) >= 11 is 6.74. The SMILES string of the molecule is CC1(c2cc(/C=C(\F)c3ccc(Cl)cn3)cnc2F)N=C(N)SC2(C(=O)O)CC21. The average molecular weight is 437 g/mol. The molecule has 0 radical (unpaired) electrons. The van der Waals surface area contributed by atoms with Gasteiger partial charge in [-0.1, -0.05) is 23.4 Å². The van der Waals surface area contributed by atoms with Gasteiger partial charge in [0.25, 0.3) is 0 Å². The van der Waals surface area contributed by atoms with Crippen LogP contribution in [0.2, 0.25) is 5.02 Å². The monoisotopic (exact) mass is 436 g/mol. The first-order chi connectivity index (χ1) is 13.7. The zero-order valence-corrected chi connectivity index (χ0v) is 16.6. The normalized spacial score (nSPS) is 28.5. The Morgan fingerprint density at radius 1 is 1.41 bits per heavy atom. The van der Waals surface area contributed by atoms with Crippen LogP contribution in [0.25, 0.3) is 11.9 Å². The highest BCUT2D eigenvalue weighted by molar-refractivity contribution is 8.15. The number of pyridine rings is 2. The summed E-state index contributed by atoms with van der Waals surface area (Å²) < 4.78 is 28.0. The fourth-order valence-corrected chi connectivity index (χ4v) is 5.12. The maximum Gasteiger partial charge on any atom is 0.320 e. The van der Waals surface area contributed by atoms with E-state index in [0.717, 1.165) is 17.8 Å². The Morgan fingerprint density at radius 2 is 2.17 bits per heavy atom. The second-order valence-corrected chi connectivity index (χ2v) is 8.90. The summed E-state index contributed by atoms with van der Waals surface area (Å²) in [5, 5.41) is 10.1. The summed E-state index contributed by atoms with van der Waals surface area (Å²) in [6.07, 6.45) is 3.96. The highest BCUT2D eigenvalue weighted by Crippen LogP contribution is 2.65. The molecule has 0 aromatic carbocycles. The molecule has 1 aliphatic heterocycles. The van der Waals surface area contributed by atoms with Gasteiger partial charge in [-0.2, -0.15) is 4.39 Å². The minimum atomic E-state index is -1.22. The van der Waals surface area contributed by atoms with Crippen molar-refractivity contribution in [2.45, 2.75) is 23.6 Å². The van der Waals surface area contributed by atoms with Gasteiger partial charge in [-0.3, -0.25) is 14.8 Å². The van der Waals surface area contributed by atoms with Crippen molar-refractivity contribution >= 4 is 46.4 Å². The number of aliphatic imine (C=N–C) groups is 1. The standard InChI is InChI=1S/C19H15ClF2N4O2S/c1-18(14-6-19(14,16(27)28)29-17(23)26-18)11-4-9(7-25-15(11)22)5-12(21)13-3-2-10(20)8-24-13/h2-5,7-8,14H,6H2,1H3,(H2,23,26)(H,27,28)/b12-5-. The Kier molecular flexibility index (Phi) is 4.62. The van der Waals surface area contributed by atoms with Crippen molar-refractivity contribution in [2.75, 3.05) is 0 Å². The molecule has 0 amide bonds. The zero-order chi connectivity index (χ0) is 21.0. The molecule has 3 unspecified atom stereocenters. The van der Waals surface area contributed by atoms with E-state index in [0.29, 0.717) is 11.4 Å². The lowest BCUT2D eigenvalue weighted by Gasteiger charge is -2.32. The van der Waals surface area contributed by atoms with Crippen molar-refractivity contribution in [2.24, 2.45) is 16.6 Å². The molecule has 29 heavy (non-hydrogen) atoms.